The Hall–Kier alpha value is -1.12. The third-order valence-corrected chi connectivity index (χ3v) is 2.36. The predicted octanol–water partition coefficient (Wildman–Crippen LogP) is 2.89. The van der Waals surface area contributed by atoms with E-state index in [0.29, 0.717) is 0 Å². The molecule has 0 spiro atoms. The van der Waals surface area contributed by atoms with Crippen molar-refractivity contribution in [1.82, 2.24) is 4.90 Å². The second-order valence-electron chi connectivity index (χ2n) is 4.31. The minimum Gasteiger partial charge on any atom is -0.309 e. The maximum Gasteiger partial charge on any atom is 0.159 e. The largest absolute Gasteiger partial charge is 0.309 e. The van der Waals surface area contributed by atoms with Gasteiger partial charge in [0.1, 0.15) is 0 Å². The summed E-state index contributed by atoms with van der Waals surface area (Å²) in [7, 11) is 3.95. The van der Waals surface area contributed by atoms with Crippen molar-refractivity contribution in [2.24, 2.45) is 5.92 Å². The van der Waals surface area contributed by atoms with Gasteiger partial charge in [-0.25, -0.2) is 0 Å². The summed E-state index contributed by atoms with van der Waals surface area (Å²) in [6.07, 6.45) is 3.54. The monoisotopic (exact) mass is 253 g/mol. The smallest absolute Gasteiger partial charge is 0.159 e. The lowest BCUT2D eigenvalue weighted by Crippen LogP contribution is -2.24. The molecule has 0 radical (unpaired) electrons. The summed E-state index contributed by atoms with van der Waals surface area (Å²) in [5.74, 6) is 0.229. The van der Waals surface area contributed by atoms with Crippen molar-refractivity contribution in [1.29, 1.82) is 0 Å². The zero-order chi connectivity index (χ0) is 12.0. The first-order chi connectivity index (χ1) is 7.59. The molecule has 1 rings (SSSR count). The normalized spacial score (nSPS) is 12.5. The van der Waals surface area contributed by atoms with E-state index in [4.69, 9.17) is 0 Å². The molecule has 1 aromatic rings. The Bertz CT molecular complexity index is 360. The van der Waals surface area contributed by atoms with Crippen LogP contribution < -0.4 is 0 Å². The van der Waals surface area contributed by atoms with Crippen LogP contribution in [0.2, 0.25) is 0 Å². The summed E-state index contributed by atoms with van der Waals surface area (Å²) in [6, 6.07) is 9.87. The molecule has 1 atom stereocenters. The number of ketones is 1. The first-order valence-electron chi connectivity index (χ1n) is 5.51. The Morgan fingerprint density at radius 2 is 1.88 bits per heavy atom. The van der Waals surface area contributed by atoms with Gasteiger partial charge >= 0.3 is 0 Å². The van der Waals surface area contributed by atoms with Crippen LogP contribution >= 0.6 is 12.4 Å². The fraction of sp³-hybridized carbons (Fsp3) is 0.357. The Kier molecular flexibility index (Phi) is 7.51. The van der Waals surface area contributed by atoms with E-state index in [1.165, 1.54) is 0 Å². The van der Waals surface area contributed by atoms with Gasteiger partial charge in [-0.3, -0.25) is 4.79 Å². The van der Waals surface area contributed by atoms with Crippen LogP contribution in [0.5, 0.6) is 0 Å². The van der Waals surface area contributed by atoms with Crippen molar-refractivity contribution < 1.29 is 4.79 Å². The zero-order valence-electron chi connectivity index (χ0n) is 10.6. The molecule has 0 saturated carbocycles. The van der Waals surface area contributed by atoms with Crippen LogP contribution in [0.15, 0.2) is 36.4 Å². The Labute approximate surface area is 110 Å². The number of carbonyl (C=O) groups excluding carboxylic acids is 1. The first kappa shape index (κ1) is 15.9. The molecule has 1 unspecified atom stereocenters. The van der Waals surface area contributed by atoms with Gasteiger partial charge in [0.05, 0.1) is 0 Å². The van der Waals surface area contributed by atoms with Gasteiger partial charge < -0.3 is 4.90 Å². The lowest BCUT2D eigenvalue weighted by atomic mass is 10.0. The molecule has 2 nitrogen and oxygen atoms in total. The van der Waals surface area contributed by atoms with Crippen LogP contribution in [0.25, 0.3) is 6.08 Å². The minimum atomic E-state index is 0. The van der Waals surface area contributed by atoms with E-state index in [1.807, 2.05) is 62.3 Å². The third kappa shape index (κ3) is 6.25. The summed E-state index contributed by atoms with van der Waals surface area (Å²) in [6.45, 7) is 2.75. The molecule has 0 aliphatic heterocycles. The molecule has 1 aromatic carbocycles. The van der Waals surface area contributed by atoms with Gasteiger partial charge in [0.2, 0.25) is 0 Å². The van der Waals surface area contributed by atoms with Crippen LogP contribution in [0, 0.1) is 5.92 Å². The highest BCUT2D eigenvalue weighted by atomic mass is 35.5. The van der Waals surface area contributed by atoms with Crippen LogP contribution in [-0.4, -0.2) is 31.3 Å². The third-order valence-electron chi connectivity index (χ3n) is 2.36. The Morgan fingerprint density at radius 3 is 2.41 bits per heavy atom. The van der Waals surface area contributed by atoms with E-state index in [1.54, 1.807) is 6.08 Å². The molecule has 0 aliphatic carbocycles. The number of allylic oxidation sites excluding steroid dienone is 1. The predicted molar refractivity (Wildman–Crippen MR) is 75.4 cm³/mol. The number of halogens is 1. The number of benzene rings is 1. The molecular formula is C14H20ClNO. The number of hydrogen-bond donors (Lipinski definition) is 0. The summed E-state index contributed by atoms with van der Waals surface area (Å²) < 4.78 is 0. The summed E-state index contributed by atoms with van der Waals surface area (Å²) in [4.78, 5) is 13.8. The molecule has 17 heavy (non-hydrogen) atoms. The van der Waals surface area contributed by atoms with Gasteiger partial charge in [-0.05, 0) is 25.7 Å². The van der Waals surface area contributed by atoms with Crippen LogP contribution in [0.3, 0.4) is 0 Å². The zero-order valence-corrected chi connectivity index (χ0v) is 11.4. The van der Waals surface area contributed by atoms with E-state index in [9.17, 15) is 4.79 Å². The molecule has 0 N–H and O–H groups in total. The summed E-state index contributed by atoms with van der Waals surface area (Å²) in [5, 5.41) is 0. The average molecular weight is 254 g/mol. The van der Waals surface area contributed by atoms with Crippen molar-refractivity contribution in [3.05, 3.63) is 42.0 Å². The average Bonchev–Trinajstić information content (AvgIpc) is 2.26. The van der Waals surface area contributed by atoms with Crippen molar-refractivity contribution in [3.63, 3.8) is 0 Å². The van der Waals surface area contributed by atoms with Crippen LogP contribution in [0.4, 0.5) is 0 Å². The van der Waals surface area contributed by atoms with Crippen molar-refractivity contribution >= 4 is 24.3 Å². The molecule has 3 heteroatoms. The molecule has 94 valence electrons. The highest BCUT2D eigenvalue weighted by molar-refractivity contribution is 5.95. The fourth-order valence-corrected chi connectivity index (χ4v) is 1.54. The lowest BCUT2D eigenvalue weighted by Gasteiger charge is -2.13. The maximum absolute atomic E-state index is 11.7. The van der Waals surface area contributed by atoms with Crippen molar-refractivity contribution in [3.8, 4) is 0 Å². The van der Waals surface area contributed by atoms with E-state index < -0.39 is 0 Å². The van der Waals surface area contributed by atoms with Gasteiger partial charge in [-0.2, -0.15) is 0 Å². The standard InChI is InChI=1S/C14H19NO.ClH/c1-12(11-15(2)3)14(16)10-9-13-7-5-4-6-8-13;/h4-10,12H,11H2,1-3H3;1H/b10-9+;. The van der Waals surface area contributed by atoms with E-state index in [-0.39, 0.29) is 24.1 Å². The molecule has 0 amide bonds. The number of nitrogens with zero attached hydrogens (tertiary/aromatic N) is 1. The van der Waals surface area contributed by atoms with Gasteiger partial charge in [0.25, 0.3) is 0 Å². The fourth-order valence-electron chi connectivity index (χ4n) is 1.54. The highest BCUT2D eigenvalue weighted by Crippen LogP contribution is 2.04. The molecule has 0 aliphatic rings. The molecule has 0 aromatic heterocycles. The van der Waals surface area contributed by atoms with E-state index >= 15 is 0 Å². The van der Waals surface area contributed by atoms with Crippen molar-refractivity contribution in [2.75, 3.05) is 20.6 Å². The number of rotatable bonds is 5. The molecule has 0 saturated heterocycles. The highest BCUT2D eigenvalue weighted by Gasteiger charge is 2.10. The maximum atomic E-state index is 11.7. The SMILES string of the molecule is CC(CN(C)C)C(=O)/C=C/c1ccccc1.Cl. The van der Waals surface area contributed by atoms with Gasteiger partial charge in [0, 0.05) is 12.5 Å². The van der Waals surface area contributed by atoms with E-state index in [2.05, 4.69) is 0 Å². The number of carbonyl (C=O) groups is 1. The Morgan fingerprint density at radius 1 is 1.29 bits per heavy atom. The van der Waals surface area contributed by atoms with Crippen LogP contribution in [-0.2, 0) is 4.79 Å². The van der Waals surface area contributed by atoms with Gasteiger partial charge in [-0.15, -0.1) is 12.4 Å². The molecule has 0 heterocycles. The van der Waals surface area contributed by atoms with Crippen molar-refractivity contribution in [2.45, 2.75) is 6.92 Å². The number of hydrogen-bond acceptors (Lipinski definition) is 2. The van der Waals surface area contributed by atoms with Gasteiger partial charge in [-0.1, -0.05) is 43.3 Å². The van der Waals surface area contributed by atoms with Gasteiger partial charge in [0.15, 0.2) is 5.78 Å². The second-order valence-corrected chi connectivity index (χ2v) is 4.31. The minimum absolute atomic E-state index is 0. The topological polar surface area (TPSA) is 20.3 Å². The second kappa shape index (κ2) is 8.04. The van der Waals surface area contributed by atoms with E-state index in [0.717, 1.165) is 12.1 Å². The Balaban J connectivity index is 0.00000256. The summed E-state index contributed by atoms with van der Waals surface area (Å²) in [5.41, 5.74) is 1.06. The summed E-state index contributed by atoms with van der Waals surface area (Å²) >= 11 is 0. The molecule has 0 bridgehead atoms. The first-order valence-corrected chi connectivity index (χ1v) is 5.51. The molecule has 0 fully saturated rings. The lowest BCUT2D eigenvalue weighted by molar-refractivity contribution is -0.118. The quantitative estimate of drug-likeness (QED) is 0.752. The van der Waals surface area contributed by atoms with Crippen LogP contribution in [0.1, 0.15) is 12.5 Å². The molecular weight excluding hydrogens is 234 g/mol.